The maximum Gasteiger partial charge on any atom is 0.412 e. The van der Waals surface area contributed by atoms with E-state index in [2.05, 4.69) is 15.2 Å². The van der Waals surface area contributed by atoms with Gasteiger partial charge in [0.1, 0.15) is 5.82 Å². The van der Waals surface area contributed by atoms with Crippen molar-refractivity contribution in [2.45, 2.75) is 32.9 Å². The van der Waals surface area contributed by atoms with E-state index in [-0.39, 0.29) is 5.69 Å². The first-order chi connectivity index (χ1) is 12.1. The zero-order valence-corrected chi connectivity index (χ0v) is 16.0. The summed E-state index contributed by atoms with van der Waals surface area (Å²) < 4.78 is 14.1. The highest BCUT2D eigenvalue weighted by molar-refractivity contribution is 5.99. The molecule has 1 aromatic heterocycles. The third-order valence-corrected chi connectivity index (χ3v) is 3.94. The molecule has 0 aliphatic rings. The number of rotatable bonds is 6. The molecule has 1 heterocycles. The lowest BCUT2D eigenvalue weighted by molar-refractivity contribution is 0.195. The number of carbonyl (C=O) groups is 1. The fraction of sp³-hybridized carbons (Fsp3) is 0.474. The van der Waals surface area contributed by atoms with Crippen molar-refractivity contribution in [1.82, 2.24) is 15.2 Å². The summed E-state index contributed by atoms with van der Waals surface area (Å²) in [5.41, 5.74) is 0.794. The van der Waals surface area contributed by atoms with E-state index < -0.39 is 17.4 Å². The lowest BCUT2D eigenvalue weighted by Crippen LogP contribution is -2.45. The van der Waals surface area contributed by atoms with Crippen LogP contribution in [0.25, 0.3) is 10.9 Å². The summed E-state index contributed by atoms with van der Waals surface area (Å²) in [6.07, 6.45) is -1.14. The average molecular weight is 362 g/mol. The summed E-state index contributed by atoms with van der Waals surface area (Å²) in [4.78, 5) is 19.7. The molecule has 142 valence electrons. The maximum absolute atomic E-state index is 14.1. The number of nitrogens with zero attached hydrogens (tertiary/aromatic N) is 3. The standard InChI is InChI=1S/C19H27FN4O2/c1-19(2,3)24(18(25)26)16-11-14(20)10-13-6-7-15(22-17(13)16)12-21-8-9-23(4)5/h6-7,10-11,21H,8-9,12H2,1-5H3,(H,25,26). The summed E-state index contributed by atoms with van der Waals surface area (Å²) in [5.74, 6) is -0.485. The van der Waals surface area contributed by atoms with Crippen LogP contribution >= 0.6 is 0 Å². The Hall–Kier alpha value is -2.25. The molecule has 2 aromatic rings. The van der Waals surface area contributed by atoms with E-state index in [9.17, 15) is 14.3 Å². The van der Waals surface area contributed by atoms with Crippen molar-refractivity contribution in [2.75, 3.05) is 32.1 Å². The predicted molar refractivity (Wildman–Crippen MR) is 102 cm³/mol. The van der Waals surface area contributed by atoms with Crippen LogP contribution in [-0.4, -0.2) is 53.8 Å². The van der Waals surface area contributed by atoms with E-state index in [0.717, 1.165) is 23.7 Å². The average Bonchev–Trinajstić information content (AvgIpc) is 2.49. The first kappa shape index (κ1) is 20.1. The van der Waals surface area contributed by atoms with Crippen LogP contribution < -0.4 is 10.2 Å². The van der Waals surface area contributed by atoms with Gasteiger partial charge < -0.3 is 15.3 Å². The van der Waals surface area contributed by atoms with Gasteiger partial charge >= 0.3 is 6.09 Å². The van der Waals surface area contributed by atoms with Crippen molar-refractivity contribution in [1.29, 1.82) is 0 Å². The highest BCUT2D eigenvalue weighted by atomic mass is 19.1. The Morgan fingerprint density at radius 1 is 1.27 bits per heavy atom. The minimum atomic E-state index is -1.14. The minimum absolute atomic E-state index is 0.259. The quantitative estimate of drug-likeness (QED) is 0.772. The van der Waals surface area contributed by atoms with Crippen molar-refractivity contribution in [3.05, 3.63) is 35.8 Å². The van der Waals surface area contributed by atoms with Crippen molar-refractivity contribution in [3.8, 4) is 0 Å². The largest absolute Gasteiger partial charge is 0.465 e. The van der Waals surface area contributed by atoms with Gasteiger partial charge in [0.25, 0.3) is 0 Å². The van der Waals surface area contributed by atoms with Gasteiger partial charge in [-0.15, -0.1) is 0 Å². The molecule has 1 aromatic carbocycles. The maximum atomic E-state index is 14.1. The van der Waals surface area contributed by atoms with Gasteiger partial charge in [0.2, 0.25) is 0 Å². The second kappa shape index (κ2) is 7.97. The molecular weight excluding hydrogens is 335 g/mol. The molecule has 0 unspecified atom stereocenters. The van der Waals surface area contributed by atoms with E-state index in [1.54, 1.807) is 26.8 Å². The van der Waals surface area contributed by atoms with Gasteiger partial charge in [-0.3, -0.25) is 4.90 Å². The summed E-state index contributed by atoms with van der Waals surface area (Å²) in [7, 11) is 4.01. The van der Waals surface area contributed by atoms with Crippen LogP contribution in [-0.2, 0) is 6.54 Å². The Morgan fingerprint density at radius 3 is 2.54 bits per heavy atom. The zero-order valence-electron chi connectivity index (χ0n) is 16.0. The second-order valence-corrected chi connectivity index (χ2v) is 7.57. The molecule has 1 amide bonds. The number of benzene rings is 1. The SMILES string of the molecule is CN(C)CCNCc1ccc2cc(F)cc(N(C(=O)O)C(C)(C)C)c2n1. The number of halogens is 1. The van der Waals surface area contributed by atoms with E-state index in [4.69, 9.17) is 0 Å². The number of hydrogen-bond donors (Lipinski definition) is 2. The van der Waals surface area contributed by atoms with Gasteiger partial charge in [-0.25, -0.2) is 14.2 Å². The van der Waals surface area contributed by atoms with Crippen LogP contribution in [0.4, 0.5) is 14.9 Å². The minimum Gasteiger partial charge on any atom is -0.465 e. The number of carboxylic acid groups (broad SMARTS) is 1. The van der Waals surface area contributed by atoms with E-state index >= 15 is 0 Å². The van der Waals surface area contributed by atoms with E-state index in [1.807, 2.05) is 20.2 Å². The molecular formula is C19H27FN4O2. The Balaban J connectivity index is 2.42. The fourth-order valence-corrected chi connectivity index (χ4v) is 2.76. The van der Waals surface area contributed by atoms with Crippen LogP contribution in [0.5, 0.6) is 0 Å². The van der Waals surface area contributed by atoms with Crippen LogP contribution in [0, 0.1) is 5.82 Å². The lowest BCUT2D eigenvalue weighted by Gasteiger charge is -2.33. The topological polar surface area (TPSA) is 68.7 Å². The number of fused-ring (bicyclic) bond motifs is 1. The van der Waals surface area contributed by atoms with Gasteiger partial charge in [0, 0.05) is 30.6 Å². The second-order valence-electron chi connectivity index (χ2n) is 7.57. The number of aromatic nitrogens is 1. The smallest absolute Gasteiger partial charge is 0.412 e. The summed E-state index contributed by atoms with van der Waals surface area (Å²) >= 11 is 0. The molecule has 0 radical (unpaired) electrons. The van der Waals surface area contributed by atoms with Gasteiger partial charge in [0.05, 0.1) is 16.9 Å². The van der Waals surface area contributed by atoms with Crippen LogP contribution in [0.1, 0.15) is 26.5 Å². The molecule has 0 bridgehead atoms. The van der Waals surface area contributed by atoms with Crippen molar-refractivity contribution in [3.63, 3.8) is 0 Å². The first-order valence-electron chi connectivity index (χ1n) is 8.57. The van der Waals surface area contributed by atoms with Crippen molar-refractivity contribution in [2.24, 2.45) is 0 Å². The monoisotopic (exact) mass is 362 g/mol. The highest BCUT2D eigenvalue weighted by Crippen LogP contribution is 2.32. The molecule has 26 heavy (non-hydrogen) atoms. The van der Waals surface area contributed by atoms with Gasteiger partial charge in [-0.1, -0.05) is 6.07 Å². The number of amides is 1. The van der Waals surface area contributed by atoms with Crippen molar-refractivity contribution >= 4 is 22.7 Å². The molecule has 2 rings (SSSR count). The molecule has 0 spiro atoms. The Morgan fingerprint density at radius 2 is 1.96 bits per heavy atom. The number of pyridine rings is 1. The summed E-state index contributed by atoms with van der Waals surface area (Å²) in [6, 6.07) is 6.21. The van der Waals surface area contributed by atoms with Gasteiger partial charge in [-0.2, -0.15) is 0 Å². The Labute approximate surface area is 153 Å². The summed E-state index contributed by atoms with van der Waals surface area (Å²) in [6.45, 7) is 7.58. The number of nitrogens with one attached hydrogen (secondary N) is 1. The molecule has 2 N–H and O–H groups in total. The van der Waals surface area contributed by atoms with Crippen LogP contribution in [0.3, 0.4) is 0 Å². The molecule has 6 nitrogen and oxygen atoms in total. The van der Waals surface area contributed by atoms with E-state index in [0.29, 0.717) is 17.4 Å². The molecule has 0 fully saturated rings. The Bertz CT molecular complexity index is 787. The van der Waals surface area contributed by atoms with Crippen LogP contribution in [0.15, 0.2) is 24.3 Å². The zero-order chi connectivity index (χ0) is 19.5. The third-order valence-electron chi connectivity index (χ3n) is 3.94. The summed E-state index contributed by atoms with van der Waals surface area (Å²) in [5, 5.41) is 13.5. The molecule has 0 atom stereocenters. The van der Waals surface area contributed by atoms with Crippen molar-refractivity contribution < 1.29 is 14.3 Å². The van der Waals surface area contributed by atoms with E-state index in [1.165, 1.54) is 12.1 Å². The van der Waals surface area contributed by atoms with Gasteiger partial charge in [0.15, 0.2) is 0 Å². The van der Waals surface area contributed by atoms with Crippen LogP contribution in [0.2, 0.25) is 0 Å². The molecule has 0 aliphatic heterocycles. The van der Waals surface area contributed by atoms with Gasteiger partial charge in [-0.05, 0) is 53.1 Å². The lowest BCUT2D eigenvalue weighted by atomic mass is 10.0. The molecule has 0 saturated heterocycles. The fourth-order valence-electron chi connectivity index (χ4n) is 2.76. The first-order valence-corrected chi connectivity index (χ1v) is 8.57. The normalized spacial score (nSPS) is 12.0. The molecule has 0 aliphatic carbocycles. The number of likely N-dealkylation sites (N-methyl/N-ethyl adjacent to an activating group) is 1. The number of hydrogen-bond acceptors (Lipinski definition) is 4. The molecule has 7 heteroatoms. The highest BCUT2D eigenvalue weighted by Gasteiger charge is 2.30. The molecule has 0 saturated carbocycles. The predicted octanol–water partition coefficient (Wildman–Crippen LogP) is 3.31. The number of anilines is 1. The third kappa shape index (κ3) is 4.89. The Kier molecular flexibility index (Phi) is 6.15.